The number of nitrogens with zero attached hydrogens (tertiary/aromatic N) is 2. The molecule has 1 saturated carbocycles. The zero-order chi connectivity index (χ0) is 18.2. The van der Waals surface area contributed by atoms with E-state index < -0.39 is 0 Å². The second-order valence-corrected chi connectivity index (χ2v) is 6.27. The minimum Gasteiger partial charge on any atom is -0.484 e. The Labute approximate surface area is 153 Å². The first kappa shape index (κ1) is 17.7. The van der Waals surface area contributed by atoms with E-state index in [2.05, 4.69) is 22.7 Å². The predicted molar refractivity (Wildman–Crippen MR) is 99.9 cm³/mol. The fourth-order valence-electron chi connectivity index (χ4n) is 3.11. The summed E-state index contributed by atoms with van der Waals surface area (Å²) in [5, 5.41) is 13.1. The van der Waals surface area contributed by atoms with Gasteiger partial charge in [0.25, 0.3) is 5.91 Å². The van der Waals surface area contributed by atoms with Crippen LogP contribution in [0.2, 0.25) is 0 Å². The number of rotatable bonds is 5. The van der Waals surface area contributed by atoms with Crippen LogP contribution in [0.25, 0.3) is 0 Å². The molecule has 1 aliphatic carbocycles. The van der Waals surface area contributed by atoms with Crippen molar-refractivity contribution in [1.29, 1.82) is 5.26 Å². The van der Waals surface area contributed by atoms with Crippen LogP contribution < -0.4 is 10.2 Å². The molecule has 26 heavy (non-hydrogen) atoms. The van der Waals surface area contributed by atoms with Crippen molar-refractivity contribution in [2.24, 2.45) is 5.10 Å². The van der Waals surface area contributed by atoms with Crippen molar-refractivity contribution in [3.8, 4) is 11.8 Å². The van der Waals surface area contributed by atoms with Crippen molar-refractivity contribution in [2.75, 3.05) is 6.61 Å². The number of benzene rings is 2. The van der Waals surface area contributed by atoms with E-state index in [1.165, 1.54) is 12.0 Å². The maximum atomic E-state index is 12.0. The van der Waals surface area contributed by atoms with Crippen LogP contribution in [0.3, 0.4) is 0 Å². The summed E-state index contributed by atoms with van der Waals surface area (Å²) in [5.41, 5.74) is 5.44. The maximum absolute atomic E-state index is 12.0. The number of carbonyl (C=O) groups excluding carboxylic acids is 1. The van der Waals surface area contributed by atoms with Crippen LogP contribution in [0, 0.1) is 11.3 Å². The van der Waals surface area contributed by atoms with Crippen molar-refractivity contribution in [2.45, 2.75) is 31.6 Å². The van der Waals surface area contributed by atoms with Gasteiger partial charge in [-0.2, -0.15) is 10.4 Å². The number of hydrogen-bond acceptors (Lipinski definition) is 4. The zero-order valence-electron chi connectivity index (χ0n) is 14.5. The van der Waals surface area contributed by atoms with Crippen LogP contribution in [-0.4, -0.2) is 18.2 Å². The van der Waals surface area contributed by atoms with Gasteiger partial charge in [0, 0.05) is 11.6 Å². The largest absolute Gasteiger partial charge is 0.484 e. The van der Waals surface area contributed by atoms with Gasteiger partial charge in [0.15, 0.2) is 6.61 Å². The van der Waals surface area contributed by atoms with Gasteiger partial charge >= 0.3 is 0 Å². The van der Waals surface area contributed by atoms with Crippen molar-refractivity contribution in [3.05, 3.63) is 65.7 Å². The lowest BCUT2D eigenvalue weighted by atomic mass is 9.82. The molecule has 1 atom stereocenters. The number of hydrazone groups is 1. The topological polar surface area (TPSA) is 74.5 Å². The molecule has 1 N–H and O–H groups in total. The Hall–Kier alpha value is -3.13. The molecule has 0 heterocycles. The molecule has 0 aliphatic heterocycles. The van der Waals surface area contributed by atoms with Crippen molar-refractivity contribution >= 4 is 11.6 Å². The predicted octanol–water partition coefficient (Wildman–Crippen LogP) is 3.77. The molecule has 0 unspecified atom stereocenters. The van der Waals surface area contributed by atoms with Crippen LogP contribution in [0.4, 0.5) is 0 Å². The lowest BCUT2D eigenvalue weighted by molar-refractivity contribution is -0.123. The summed E-state index contributed by atoms with van der Waals surface area (Å²) < 4.78 is 5.43. The van der Waals surface area contributed by atoms with E-state index in [1.807, 2.05) is 24.3 Å². The van der Waals surface area contributed by atoms with E-state index in [9.17, 15) is 4.79 Å². The smallest absolute Gasteiger partial charge is 0.277 e. The molecule has 0 radical (unpaired) electrons. The van der Waals surface area contributed by atoms with Crippen molar-refractivity contribution in [1.82, 2.24) is 5.43 Å². The number of nitrogens with one attached hydrogen (secondary N) is 1. The molecule has 2 aromatic carbocycles. The van der Waals surface area contributed by atoms with Gasteiger partial charge in [-0.3, -0.25) is 4.79 Å². The molecule has 0 bridgehead atoms. The SMILES string of the molecule is N#Cc1ccc(OCC(=O)NN=C2CCCC[C@@H]2c2ccccc2)cc1. The standard InChI is InChI=1S/C21H21N3O2/c22-14-16-10-12-18(13-11-16)26-15-21(25)24-23-20-9-5-4-8-19(20)17-6-2-1-3-7-17/h1-3,6-7,10-13,19H,4-5,8-9,15H2,(H,24,25)/t19-/m1/s1. The third-order valence-corrected chi connectivity index (χ3v) is 4.46. The molecule has 132 valence electrons. The second kappa shape index (κ2) is 8.82. The number of carbonyl (C=O) groups is 1. The fraction of sp³-hybridized carbons (Fsp3) is 0.286. The monoisotopic (exact) mass is 347 g/mol. The molecule has 3 rings (SSSR count). The van der Waals surface area contributed by atoms with Crippen LogP contribution in [0.5, 0.6) is 5.75 Å². The molecule has 5 nitrogen and oxygen atoms in total. The van der Waals surface area contributed by atoms with E-state index in [-0.39, 0.29) is 18.4 Å². The lowest BCUT2D eigenvalue weighted by Gasteiger charge is -2.24. The van der Waals surface area contributed by atoms with E-state index in [4.69, 9.17) is 10.00 Å². The molecule has 5 heteroatoms. The first-order chi connectivity index (χ1) is 12.8. The average molecular weight is 347 g/mol. The molecule has 2 aromatic rings. The average Bonchev–Trinajstić information content (AvgIpc) is 2.72. The van der Waals surface area contributed by atoms with E-state index in [1.54, 1.807) is 24.3 Å². The van der Waals surface area contributed by atoms with Gasteiger partial charge < -0.3 is 4.74 Å². The number of amides is 1. The summed E-state index contributed by atoms with van der Waals surface area (Å²) in [7, 11) is 0. The number of ether oxygens (including phenoxy) is 1. The molecular formula is C21H21N3O2. The summed E-state index contributed by atoms with van der Waals surface area (Å²) >= 11 is 0. The molecular weight excluding hydrogens is 326 g/mol. The normalized spacial score (nSPS) is 18.1. The summed E-state index contributed by atoms with van der Waals surface area (Å²) in [6, 6.07) is 19.0. The molecule has 0 saturated heterocycles. The molecule has 1 amide bonds. The maximum Gasteiger partial charge on any atom is 0.277 e. The van der Waals surface area contributed by atoms with E-state index in [0.29, 0.717) is 11.3 Å². The van der Waals surface area contributed by atoms with Gasteiger partial charge in [-0.25, -0.2) is 5.43 Å². The Kier molecular flexibility index (Phi) is 6.00. The highest BCUT2D eigenvalue weighted by Gasteiger charge is 2.22. The minimum absolute atomic E-state index is 0.112. The second-order valence-electron chi connectivity index (χ2n) is 6.27. The third kappa shape index (κ3) is 4.70. The van der Waals surface area contributed by atoms with Crippen molar-refractivity contribution < 1.29 is 9.53 Å². The van der Waals surface area contributed by atoms with Crippen LogP contribution in [0.15, 0.2) is 59.7 Å². The van der Waals surface area contributed by atoms with Crippen LogP contribution >= 0.6 is 0 Å². The number of nitriles is 1. The van der Waals surface area contributed by atoms with Crippen LogP contribution in [-0.2, 0) is 4.79 Å². The molecule has 1 aliphatic rings. The lowest BCUT2D eigenvalue weighted by Crippen LogP contribution is -2.28. The summed E-state index contributed by atoms with van der Waals surface area (Å²) in [6.07, 6.45) is 4.23. The first-order valence-electron chi connectivity index (χ1n) is 8.79. The summed E-state index contributed by atoms with van der Waals surface area (Å²) in [4.78, 5) is 12.0. The first-order valence-corrected chi connectivity index (χ1v) is 8.79. The Balaban J connectivity index is 1.56. The molecule has 0 aromatic heterocycles. The van der Waals surface area contributed by atoms with Crippen LogP contribution in [0.1, 0.15) is 42.7 Å². The fourth-order valence-corrected chi connectivity index (χ4v) is 3.11. The molecule has 1 fully saturated rings. The quantitative estimate of drug-likeness (QED) is 0.837. The highest BCUT2D eigenvalue weighted by Crippen LogP contribution is 2.30. The highest BCUT2D eigenvalue weighted by molar-refractivity contribution is 5.92. The Morgan fingerprint density at radius 3 is 2.65 bits per heavy atom. The highest BCUT2D eigenvalue weighted by atomic mass is 16.5. The summed E-state index contributed by atoms with van der Waals surface area (Å²) in [6.45, 7) is -0.112. The third-order valence-electron chi connectivity index (χ3n) is 4.46. The zero-order valence-corrected chi connectivity index (χ0v) is 14.5. The van der Waals surface area contributed by atoms with E-state index in [0.717, 1.165) is 25.0 Å². The van der Waals surface area contributed by atoms with Gasteiger partial charge in [-0.1, -0.05) is 36.8 Å². The summed E-state index contributed by atoms with van der Waals surface area (Å²) in [5.74, 6) is 0.524. The van der Waals surface area contributed by atoms with E-state index >= 15 is 0 Å². The van der Waals surface area contributed by atoms with Gasteiger partial charge in [0.1, 0.15) is 5.75 Å². The molecule has 0 spiro atoms. The Morgan fingerprint density at radius 1 is 1.15 bits per heavy atom. The Bertz CT molecular complexity index is 807. The van der Waals surface area contributed by atoms with Crippen molar-refractivity contribution in [3.63, 3.8) is 0 Å². The van der Waals surface area contributed by atoms with Gasteiger partial charge in [0.2, 0.25) is 0 Å². The Morgan fingerprint density at radius 2 is 1.92 bits per heavy atom. The minimum atomic E-state index is -0.292. The number of hydrogen-bond donors (Lipinski definition) is 1. The van der Waals surface area contributed by atoms with Gasteiger partial charge in [-0.05, 0) is 49.1 Å². The van der Waals surface area contributed by atoms with Gasteiger partial charge in [-0.15, -0.1) is 0 Å². The van der Waals surface area contributed by atoms with Gasteiger partial charge in [0.05, 0.1) is 11.6 Å².